The summed E-state index contributed by atoms with van der Waals surface area (Å²) < 4.78 is 5.27. The second-order valence-electron chi connectivity index (χ2n) is 6.31. The zero-order valence-corrected chi connectivity index (χ0v) is 12.6. The van der Waals surface area contributed by atoms with Gasteiger partial charge in [-0.15, -0.1) is 0 Å². The van der Waals surface area contributed by atoms with Crippen molar-refractivity contribution in [3.63, 3.8) is 0 Å². The fourth-order valence-corrected chi connectivity index (χ4v) is 2.55. The summed E-state index contributed by atoms with van der Waals surface area (Å²) in [4.78, 5) is 22.9. The summed E-state index contributed by atoms with van der Waals surface area (Å²) in [6.07, 6.45) is 2.14. The second kappa shape index (κ2) is 5.76. The Bertz CT molecular complexity index is 560. The number of carboxylic acids is 1. The van der Waals surface area contributed by atoms with Gasteiger partial charge in [-0.25, -0.2) is 9.59 Å². The molecule has 1 unspecified atom stereocenters. The maximum absolute atomic E-state index is 11.9. The van der Waals surface area contributed by atoms with Crippen molar-refractivity contribution < 1.29 is 19.4 Å². The van der Waals surface area contributed by atoms with Crippen molar-refractivity contribution in [2.45, 2.75) is 51.7 Å². The summed E-state index contributed by atoms with van der Waals surface area (Å²) >= 11 is 0. The number of alkyl carbamates (subject to hydrolysis) is 1. The number of fused-ring (bicyclic) bond motifs is 1. The molecule has 2 N–H and O–H groups in total. The van der Waals surface area contributed by atoms with Crippen LogP contribution in [0.4, 0.5) is 4.79 Å². The number of rotatable bonds is 2. The van der Waals surface area contributed by atoms with Gasteiger partial charge in [-0.1, -0.05) is 6.07 Å². The number of aromatic carboxylic acids is 1. The average Bonchev–Trinajstić information content (AvgIpc) is 2.36. The van der Waals surface area contributed by atoms with Crippen molar-refractivity contribution in [1.82, 2.24) is 5.32 Å². The number of aryl methyl sites for hydroxylation is 1. The third-order valence-electron chi connectivity index (χ3n) is 3.40. The van der Waals surface area contributed by atoms with Crippen molar-refractivity contribution in [3.05, 3.63) is 34.9 Å². The van der Waals surface area contributed by atoms with E-state index in [0.29, 0.717) is 0 Å². The summed E-state index contributed by atoms with van der Waals surface area (Å²) in [6, 6.07) is 4.95. The van der Waals surface area contributed by atoms with Crippen molar-refractivity contribution in [3.8, 4) is 0 Å². The minimum absolute atomic E-state index is 0.119. The fraction of sp³-hybridized carbons (Fsp3) is 0.500. The van der Waals surface area contributed by atoms with Gasteiger partial charge in [0.2, 0.25) is 0 Å². The van der Waals surface area contributed by atoms with Gasteiger partial charge in [0, 0.05) is 0 Å². The highest BCUT2D eigenvalue weighted by Crippen LogP contribution is 2.30. The standard InChI is InChI=1S/C16H21NO4/c1-16(2,3)21-15(20)17-13-6-4-5-10-9-11(14(18)19)7-8-12(10)13/h7-9,13H,4-6H2,1-3H3,(H,17,20)(H,18,19). The molecule has 0 bridgehead atoms. The summed E-state index contributed by atoms with van der Waals surface area (Å²) in [5.41, 5.74) is 1.72. The van der Waals surface area contributed by atoms with Crippen LogP contribution in [-0.2, 0) is 11.2 Å². The maximum atomic E-state index is 11.9. The van der Waals surface area contributed by atoms with Gasteiger partial charge in [0.1, 0.15) is 5.60 Å². The molecule has 0 fully saturated rings. The van der Waals surface area contributed by atoms with Crippen LogP contribution in [0, 0.1) is 0 Å². The lowest BCUT2D eigenvalue weighted by molar-refractivity contribution is 0.0497. The first-order valence-electron chi connectivity index (χ1n) is 7.12. The first kappa shape index (κ1) is 15.4. The number of amides is 1. The lowest BCUT2D eigenvalue weighted by Crippen LogP contribution is -2.36. The van der Waals surface area contributed by atoms with E-state index in [-0.39, 0.29) is 11.6 Å². The predicted octanol–water partition coefficient (Wildman–Crippen LogP) is 3.29. The Morgan fingerprint density at radius 1 is 1.33 bits per heavy atom. The van der Waals surface area contributed by atoms with E-state index < -0.39 is 17.7 Å². The summed E-state index contributed by atoms with van der Waals surface area (Å²) in [7, 11) is 0. The monoisotopic (exact) mass is 291 g/mol. The van der Waals surface area contributed by atoms with Crippen LogP contribution in [0.25, 0.3) is 0 Å². The van der Waals surface area contributed by atoms with Gasteiger partial charge < -0.3 is 15.2 Å². The van der Waals surface area contributed by atoms with Gasteiger partial charge in [0.15, 0.2) is 0 Å². The molecule has 0 saturated heterocycles. The summed E-state index contributed by atoms with van der Waals surface area (Å²) in [5, 5.41) is 11.9. The minimum atomic E-state index is -0.931. The van der Waals surface area contributed by atoms with E-state index in [1.807, 2.05) is 20.8 Å². The molecule has 1 aliphatic rings. The van der Waals surface area contributed by atoms with E-state index in [1.165, 1.54) is 0 Å². The smallest absolute Gasteiger partial charge is 0.408 e. The number of carboxylic acid groups (broad SMARTS) is 1. The van der Waals surface area contributed by atoms with Crippen molar-refractivity contribution in [2.24, 2.45) is 0 Å². The molecule has 1 aliphatic carbocycles. The molecule has 5 heteroatoms. The van der Waals surface area contributed by atoms with Crippen molar-refractivity contribution in [1.29, 1.82) is 0 Å². The van der Waals surface area contributed by atoms with E-state index >= 15 is 0 Å². The number of carbonyl (C=O) groups excluding carboxylic acids is 1. The molecule has 1 atom stereocenters. The van der Waals surface area contributed by atoms with Crippen LogP contribution >= 0.6 is 0 Å². The van der Waals surface area contributed by atoms with Crippen LogP contribution in [0.1, 0.15) is 61.1 Å². The Kier molecular flexibility index (Phi) is 4.21. The Morgan fingerprint density at radius 2 is 2.05 bits per heavy atom. The van der Waals surface area contributed by atoms with E-state index in [2.05, 4.69) is 5.32 Å². The number of carbonyl (C=O) groups is 2. The molecule has 0 radical (unpaired) electrons. The summed E-state index contributed by atoms with van der Waals surface area (Å²) in [6.45, 7) is 5.46. The Hall–Kier alpha value is -2.04. The number of hydrogen-bond acceptors (Lipinski definition) is 3. The zero-order valence-electron chi connectivity index (χ0n) is 12.6. The highest BCUT2D eigenvalue weighted by molar-refractivity contribution is 5.88. The molecule has 1 aromatic rings. The molecule has 114 valence electrons. The molecular weight excluding hydrogens is 270 g/mol. The highest BCUT2D eigenvalue weighted by Gasteiger charge is 2.25. The van der Waals surface area contributed by atoms with Crippen molar-refractivity contribution >= 4 is 12.1 Å². The molecule has 0 heterocycles. The van der Waals surface area contributed by atoms with Gasteiger partial charge in [-0.05, 0) is 63.3 Å². The largest absolute Gasteiger partial charge is 0.478 e. The molecule has 2 rings (SSSR count). The first-order chi connectivity index (χ1) is 9.76. The molecule has 0 aliphatic heterocycles. The van der Waals surface area contributed by atoms with E-state index in [4.69, 9.17) is 9.84 Å². The molecule has 1 aromatic carbocycles. The SMILES string of the molecule is CC(C)(C)OC(=O)NC1CCCc2cc(C(=O)O)ccc21. The molecular formula is C16H21NO4. The van der Waals surface area contributed by atoms with Crippen LogP contribution < -0.4 is 5.32 Å². The Labute approximate surface area is 124 Å². The van der Waals surface area contributed by atoms with Crippen molar-refractivity contribution in [2.75, 3.05) is 0 Å². The third kappa shape index (κ3) is 3.97. The fourth-order valence-electron chi connectivity index (χ4n) is 2.55. The van der Waals surface area contributed by atoms with E-state index in [0.717, 1.165) is 30.4 Å². The molecule has 5 nitrogen and oxygen atoms in total. The van der Waals surface area contributed by atoms with Crippen LogP contribution in [-0.4, -0.2) is 22.8 Å². The van der Waals surface area contributed by atoms with Crippen LogP contribution in [0.5, 0.6) is 0 Å². The predicted molar refractivity (Wildman–Crippen MR) is 78.5 cm³/mol. The van der Waals surface area contributed by atoms with Gasteiger partial charge >= 0.3 is 12.1 Å². The van der Waals surface area contributed by atoms with Crippen LogP contribution in [0.15, 0.2) is 18.2 Å². The minimum Gasteiger partial charge on any atom is -0.478 e. The zero-order chi connectivity index (χ0) is 15.6. The Balaban J connectivity index is 2.15. The number of nitrogens with one attached hydrogen (secondary N) is 1. The third-order valence-corrected chi connectivity index (χ3v) is 3.40. The molecule has 0 saturated carbocycles. The average molecular weight is 291 g/mol. The van der Waals surface area contributed by atoms with Crippen LogP contribution in [0.2, 0.25) is 0 Å². The van der Waals surface area contributed by atoms with Gasteiger partial charge in [0.25, 0.3) is 0 Å². The normalized spacial score (nSPS) is 17.8. The highest BCUT2D eigenvalue weighted by atomic mass is 16.6. The quantitative estimate of drug-likeness (QED) is 0.876. The van der Waals surface area contributed by atoms with Gasteiger partial charge in [0.05, 0.1) is 11.6 Å². The second-order valence-corrected chi connectivity index (χ2v) is 6.31. The molecule has 1 amide bonds. The van der Waals surface area contributed by atoms with Gasteiger partial charge in [-0.3, -0.25) is 0 Å². The lowest BCUT2D eigenvalue weighted by atomic mass is 9.86. The summed E-state index contributed by atoms with van der Waals surface area (Å²) in [5.74, 6) is -0.931. The number of ether oxygens (including phenoxy) is 1. The van der Waals surface area contributed by atoms with Gasteiger partial charge in [-0.2, -0.15) is 0 Å². The molecule has 21 heavy (non-hydrogen) atoms. The van der Waals surface area contributed by atoms with Crippen LogP contribution in [0.3, 0.4) is 0 Å². The number of hydrogen-bond donors (Lipinski definition) is 2. The van der Waals surface area contributed by atoms with E-state index in [1.54, 1.807) is 18.2 Å². The molecule has 0 aromatic heterocycles. The molecule has 0 spiro atoms. The first-order valence-corrected chi connectivity index (χ1v) is 7.12. The lowest BCUT2D eigenvalue weighted by Gasteiger charge is -2.28. The van der Waals surface area contributed by atoms with E-state index in [9.17, 15) is 9.59 Å². The maximum Gasteiger partial charge on any atom is 0.408 e. The Morgan fingerprint density at radius 3 is 2.67 bits per heavy atom. The topological polar surface area (TPSA) is 75.6 Å². The number of benzene rings is 1.